The molecule has 1 fully saturated rings. The molecule has 0 atom stereocenters. The predicted molar refractivity (Wildman–Crippen MR) is 119 cm³/mol. The number of H-pyrrole nitrogens is 1. The largest absolute Gasteiger partial charge is 0.452 e. The molecule has 4 rings (SSSR count). The van der Waals surface area contributed by atoms with E-state index in [9.17, 15) is 14.0 Å². The van der Waals surface area contributed by atoms with Crippen LogP contribution in [0.1, 0.15) is 21.7 Å². The molecule has 0 saturated carbocycles. The van der Waals surface area contributed by atoms with Gasteiger partial charge in [0.05, 0.1) is 11.3 Å². The van der Waals surface area contributed by atoms with Crippen molar-refractivity contribution in [2.24, 2.45) is 0 Å². The van der Waals surface area contributed by atoms with Gasteiger partial charge in [0.1, 0.15) is 11.6 Å². The molecule has 2 aromatic carbocycles. The number of carbonyl (C=O) groups excluding carboxylic acids is 2. The van der Waals surface area contributed by atoms with Crippen molar-refractivity contribution in [3.05, 3.63) is 71.3 Å². The van der Waals surface area contributed by atoms with Crippen LogP contribution in [-0.4, -0.2) is 59.5 Å². The Morgan fingerprint density at radius 3 is 2.25 bits per heavy atom. The van der Waals surface area contributed by atoms with E-state index in [0.717, 1.165) is 28.5 Å². The number of ether oxygens (including phenoxy) is 1. The van der Waals surface area contributed by atoms with Crippen LogP contribution in [0.4, 0.5) is 10.1 Å². The molecule has 0 aliphatic carbocycles. The van der Waals surface area contributed by atoms with E-state index in [1.54, 1.807) is 41.3 Å². The van der Waals surface area contributed by atoms with Crippen LogP contribution in [0.5, 0.6) is 0 Å². The highest BCUT2D eigenvalue weighted by atomic mass is 19.1. The van der Waals surface area contributed by atoms with Crippen molar-refractivity contribution in [1.82, 2.24) is 14.9 Å². The molecule has 0 radical (unpaired) electrons. The molecule has 1 saturated heterocycles. The Labute approximate surface area is 185 Å². The second-order valence-corrected chi connectivity index (χ2v) is 7.79. The van der Waals surface area contributed by atoms with Crippen molar-refractivity contribution < 1.29 is 18.7 Å². The van der Waals surface area contributed by atoms with E-state index in [0.29, 0.717) is 31.7 Å². The third-order valence-electron chi connectivity index (χ3n) is 5.67. The van der Waals surface area contributed by atoms with Gasteiger partial charge in [-0.05, 0) is 50.2 Å². The van der Waals surface area contributed by atoms with Gasteiger partial charge in [-0.3, -0.25) is 4.79 Å². The number of hydrogen-bond acceptors (Lipinski definition) is 5. The van der Waals surface area contributed by atoms with Gasteiger partial charge in [-0.1, -0.05) is 12.1 Å². The van der Waals surface area contributed by atoms with Crippen LogP contribution in [0.15, 0.2) is 48.5 Å². The Balaban J connectivity index is 1.26. The number of esters is 1. The van der Waals surface area contributed by atoms with Crippen LogP contribution in [0.2, 0.25) is 0 Å². The lowest BCUT2D eigenvalue weighted by Crippen LogP contribution is -2.49. The molecule has 32 heavy (non-hydrogen) atoms. The highest BCUT2D eigenvalue weighted by Gasteiger charge is 2.22. The first-order valence-corrected chi connectivity index (χ1v) is 10.5. The quantitative estimate of drug-likeness (QED) is 0.621. The zero-order valence-corrected chi connectivity index (χ0v) is 18.1. The van der Waals surface area contributed by atoms with Gasteiger partial charge in [0.2, 0.25) is 0 Å². The van der Waals surface area contributed by atoms with Gasteiger partial charge in [0.15, 0.2) is 6.61 Å². The zero-order valence-electron chi connectivity index (χ0n) is 18.1. The summed E-state index contributed by atoms with van der Waals surface area (Å²) in [5.41, 5.74) is 4.10. The third kappa shape index (κ3) is 4.80. The van der Waals surface area contributed by atoms with E-state index < -0.39 is 5.97 Å². The van der Waals surface area contributed by atoms with Crippen LogP contribution in [-0.2, 0) is 9.53 Å². The smallest absolute Gasteiger partial charge is 0.338 e. The minimum absolute atomic E-state index is 0.227. The summed E-state index contributed by atoms with van der Waals surface area (Å²) in [6.07, 6.45) is 0. The predicted octanol–water partition coefficient (Wildman–Crippen LogP) is 3.34. The molecule has 2 heterocycles. The van der Waals surface area contributed by atoms with Crippen LogP contribution in [0.3, 0.4) is 0 Å². The second-order valence-electron chi connectivity index (χ2n) is 7.79. The van der Waals surface area contributed by atoms with Crippen molar-refractivity contribution in [3.63, 3.8) is 0 Å². The summed E-state index contributed by atoms with van der Waals surface area (Å²) in [6.45, 7) is 5.90. The summed E-state index contributed by atoms with van der Waals surface area (Å²) in [5, 5.41) is 0. The fourth-order valence-electron chi connectivity index (χ4n) is 3.62. The number of hydrogen-bond donors (Lipinski definition) is 1. The second kappa shape index (κ2) is 9.21. The summed E-state index contributed by atoms with van der Waals surface area (Å²) in [5.74, 6) is -0.294. The average Bonchev–Trinajstić information content (AvgIpc) is 3.16. The molecule has 1 aromatic heterocycles. The molecule has 3 aromatic rings. The first-order chi connectivity index (χ1) is 15.4. The molecule has 0 unspecified atom stereocenters. The minimum atomic E-state index is -0.540. The Morgan fingerprint density at radius 2 is 1.66 bits per heavy atom. The SMILES string of the molecule is Cc1nc(-c2ccc(C(=O)OCC(=O)N3CCN(c4ccc(F)cc4)CC3)cc2)[nH]c1C. The molecule has 166 valence electrons. The third-order valence-corrected chi connectivity index (χ3v) is 5.67. The van der Waals surface area contributed by atoms with E-state index in [-0.39, 0.29) is 18.3 Å². The van der Waals surface area contributed by atoms with Crippen LogP contribution < -0.4 is 4.90 Å². The van der Waals surface area contributed by atoms with Gasteiger partial charge in [-0.2, -0.15) is 0 Å². The number of imidazole rings is 1. The van der Waals surface area contributed by atoms with E-state index in [1.165, 1.54) is 12.1 Å². The number of aromatic amines is 1. The van der Waals surface area contributed by atoms with Crippen molar-refractivity contribution in [2.45, 2.75) is 13.8 Å². The molecule has 7 nitrogen and oxygen atoms in total. The summed E-state index contributed by atoms with van der Waals surface area (Å²) < 4.78 is 18.3. The summed E-state index contributed by atoms with van der Waals surface area (Å²) in [4.78, 5) is 36.2. The summed E-state index contributed by atoms with van der Waals surface area (Å²) >= 11 is 0. The lowest BCUT2D eigenvalue weighted by molar-refractivity contribution is -0.134. The van der Waals surface area contributed by atoms with E-state index in [1.807, 2.05) is 13.8 Å². The minimum Gasteiger partial charge on any atom is -0.452 e. The Kier molecular flexibility index (Phi) is 6.20. The number of anilines is 1. The monoisotopic (exact) mass is 436 g/mol. The number of amides is 1. The van der Waals surface area contributed by atoms with Crippen LogP contribution in [0.25, 0.3) is 11.4 Å². The molecule has 1 aliphatic rings. The Bertz CT molecular complexity index is 1080. The maximum atomic E-state index is 13.1. The van der Waals surface area contributed by atoms with Gasteiger partial charge in [-0.15, -0.1) is 0 Å². The van der Waals surface area contributed by atoms with E-state index >= 15 is 0 Å². The fraction of sp³-hybridized carbons (Fsp3) is 0.292. The fourth-order valence-corrected chi connectivity index (χ4v) is 3.62. The highest BCUT2D eigenvalue weighted by Crippen LogP contribution is 2.19. The van der Waals surface area contributed by atoms with Gasteiger partial charge >= 0.3 is 5.97 Å². The molecule has 1 N–H and O–H groups in total. The van der Waals surface area contributed by atoms with Crippen LogP contribution in [0, 0.1) is 19.7 Å². The number of carbonyl (C=O) groups is 2. The van der Waals surface area contributed by atoms with Gasteiger partial charge < -0.3 is 19.5 Å². The maximum Gasteiger partial charge on any atom is 0.338 e. The van der Waals surface area contributed by atoms with Gasteiger partial charge in [-0.25, -0.2) is 14.2 Å². The topological polar surface area (TPSA) is 78.5 Å². The van der Waals surface area contributed by atoms with E-state index in [2.05, 4.69) is 14.9 Å². The number of rotatable bonds is 5. The molecular weight excluding hydrogens is 411 g/mol. The van der Waals surface area contributed by atoms with Gasteiger partial charge in [0.25, 0.3) is 5.91 Å². The summed E-state index contributed by atoms with van der Waals surface area (Å²) in [7, 11) is 0. The lowest BCUT2D eigenvalue weighted by atomic mass is 10.1. The highest BCUT2D eigenvalue weighted by molar-refractivity contribution is 5.91. The molecular formula is C24H25FN4O3. The van der Waals surface area contributed by atoms with E-state index in [4.69, 9.17) is 4.74 Å². The first kappa shape index (κ1) is 21.5. The molecule has 8 heteroatoms. The average molecular weight is 436 g/mol. The number of aryl methyl sites for hydroxylation is 2. The zero-order chi connectivity index (χ0) is 22.7. The normalized spacial score (nSPS) is 13.8. The summed E-state index contributed by atoms with van der Waals surface area (Å²) in [6, 6.07) is 13.2. The standard InChI is InChI=1S/C24H25FN4O3/c1-16-17(2)27-23(26-16)18-3-5-19(6-4-18)24(31)32-15-22(30)29-13-11-28(12-14-29)21-9-7-20(25)8-10-21/h3-10H,11-15H2,1-2H3,(H,26,27). The molecule has 1 amide bonds. The lowest BCUT2D eigenvalue weighted by Gasteiger charge is -2.36. The number of piperazine rings is 1. The Morgan fingerprint density at radius 1 is 1.00 bits per heavy atom. The number of aromatic nitrogens is 2. The Hall–Kier alpha value is -3.68. The molecule has 0 spiro atoms. The van der Waals surface area contributed by atoms with Crippen molar-refractivity contribution in [1.29, 1.82) is 0 Å². The molecule has 0 bridgehead atoms. The number of nitrogens with zero attached hydrogens (tertiary/aromatic N) is 3. The first-order valence-electron chi connectivity index (χ1n) is 10.5. The van der Waals surface area contributed by atoms with Gasteiger partial charge in [0, 0.05) is 43.1 Å². The van der Waals surface area contributed by atoms with Crippen LogP contribution >= 0.6 is 0 Å². The van der Waals surface area contributed by atoms with Crippen molar-refractivity contribution in [3.8, 4) is 11.4 Å². The number of nitrogens with one attached hydrogen (secondary N) is 1. The maximum absolute atomic E-state index is 13.1. The molecule has 1 aliphatic heterocycles. The van der Waals surface area contributed by atoms with Crippen molar-refractivity contribution in [2.75, 3.05) is 37.7 Å². The number of benzene rings is 2. The number of halogens is 1. The van der Waals surface area contributed by atoms with Crippen molar-refractivity contribution >= 4 is 17.6 Å².